The molecular weight excluding hydrogens is 310 g/mol. The second kappa shape index (κ2) is 5.97. The first-order valence-corrected chi connectivity index (χ1v) is 7.72. The molecule has 2 aromatic heterocycles. The number of fused-ring (bicyclic) bond motifs is 1. The summed E-state index contributed by atoms with van der Waals surface area (Å²) in [5.74, 6) is 0.0324. The van der Waals surface area contributed by atoms with E-state index in [2.05, 4.69) is 9.97 Å². The molecule has 0 aliphatic rings. The number of Topliss-reactive ketones (excluding diaryl/α,β-unsaturated/α-hetero) is 1. The Labute approximate surface area is 139 Å². The van der Waals surface area contributed by atoms with Crippen molar-refractivity contribution in [1.82, 2.24) is 9.97 Å². The second-order valence-corrected chi connectivity index (χ2v) is 5.84. The summed E-state index contributed by atoms with van der Waals surface area (Å²) >= 11 is 5.92. The molecule has 0 spiro atoms. The molecule has 116 valence electrons. The maximum Gasteiger partial charge on any atom is 0.180 e. The maximum atomic E-state index is 11.8. The summed E-state index contributed by atoms with van der Waals surface area (Å²) in [6, 6.07) is 7.44. The van der Waals surface area contributed by atoms with Gasteiger partial charge in [0.2, 0.25) is 0 Å². The van der Waals surface area contributed by atoms with Crippen LogP contribution in [0, 0.1) is 6.92 Å². The quantitative estimate of drug-likeness (QED) is 0.439. The van der Waals surface area contributed by atoms with Crippen molar-refractivity contribution in [3.63, 3.8) is 0 Å². The molecule has 0 aliphatic carbocycles. The van der Waals surface area contributed by atoms with Crippen LogP contribution >= 0.6 is 11.6 Å². The van der Waals surface area contributed by atoms with E-state index in [4.69, 9.17) is 17.3 Å². The Morgan fingerprint density at radius 2 is 1.87 bits per heavy atom. The fourth-order valence-electron chi connectivity index (χ4n) is 2.59. The molecule has 3 aromatic rings. The van der Waals surface area contributed by atoms with E-state index in [0.717, 1.165) is 27.5 Å². The van der Waals surface area contributed by atoms with Crippen molar-refractivity contribution >= 4 is 33.8 Å². The molecular formula is C18H16ClN3O. The molecule has 0 saturated heterocycles. The third kappa shape index (κ3) is 2.90. The summed E-state index contributed by atoms with van der Waals surface area (Å²) < 4.78 is 0. The van der Waals surface area contributed by atoms with Crippen LogP contribution in [0.5, 0.6) is 0 Å². The topological polar surface area (TPSA) is 68.9 Å². The summed E-state index contributed by atoms with van der Waals surface area (Å²) in [6.45, 7) is 3.78. The van der Waals surface area contributed by atoms with Gasteiger partial charge in [-0.3, -0.25) is 9.78 Å². The average molecular weight is 326 g/mol. The molecule has 0 aliphatic heterocycles. The van der Waals surface area contributed by atoms with Gasteiger partial charge in [0.1, 0.15) is 10.8 Å². The van der Waals surface area contributed by atoms with Crippen LogP contribution in [0.3, 0.4) is 0 Å². The van der Waals surface area contributed by atoms with E-state index in [1.54, 1.807) is 18.5 Å². The monoisotopic (exact) mass is 325 g/mol. The van der Waals surface area contributed by atoms with Crippen LogP contribution < -0.4 is 5.73 Å². The first-order valence-electron chi connectivity index (χ1n) is 7.34. The lowest BCUT2D eigenvalue weighted by Gasteiger charge is -2.11. The summed E-state index contributed by atoms with van der Waals surface area (Å²) in [7, 11) is 0. The Morgan fingerprint density at radius 3 is 2.57 bits per heavy atom. The van der Waals surface area contributed by atoms with Crippen molar-refractivity contribution < 1.29 is 4.79 Å². The van der Waals surface area contributed by atoms with Gasteiger partial charge < -0.3 is 5.73 Å². The Hall–Kier alpha value is -2.46. The fourth-order valence-corrected chi connectivity index (χ4v) is 2.76. The number of carbonyl (C=O) groups is 1. The second-order valence-electron chi connectivity index (χ2n) is 5.45. The van der Waals surface area contributed by atoms with E-state index in [-0.39, 0.29) is 5.78 Å². The third-order valence-corrected chi connectivity index (χ3v) is 4.07. The number of aromatic nitrogens is 2. The van der Waals surface area contributed by atoms with Gasteiger partial charge >= 0.3 is 0 Å². The third-order valence-electron chi connectivity index (χ3n) is 3.86. The van der Waals surface area contributed by atoms with Crippen LogP contribution in [0.15, 0.2) is 36.7 Å². The molecule has 2 heterocycles. The van der Waals surface area contributed by atoms with Gasteiger partial charge in [-0.15, -0.1) is 0 Å². The number of nitrogens with zero attached hydrogens (tertiary/aromatic N) is 2. The van der Waals surface area contributed by atoms with E-state index in [9.17, 15) is 4.79 Å². The first kappa shape index (κ1) is 15.4. The number of nitrogens with two attached hydrogens (primary N) is 1. The Kier molecular flexibility index (Phi) is 4.01. The highest BCUT2D eigenvalue weighted by molar-refractivity contribution is 6.30. The highest BCUT2D eigenvalue weighted by atomic mass is 35.5. The predicted octanol–water partition coefficient (Wildman–Crippen LogP) is 4.43. The number of benzene rings is 1. The van der Waals surface area contributed by atoms with Gasteiger partial charge in [-0.2, -0.15) is 0 Å². The van der Waals surface area contributed by atoms with Crippen LogP contribution in [-0.4, -0.2) is 15.8 Å². The SMILES string of the molecule is CCC(=O)c1cc(C)c(-c2cc3cnc(Cl)cc3cc2N)cn1. The average Bonchev–Trinajstić information content (AvgIpc) is 2.53. The van der Waals surface area contributed by atoms with Gasteiger partial charge in [-0.05, 0) is 42.1 Å². The van der Waals surface area contributed by atoms with Gasteiger partial charge in [0.05, 0.1) is 0 Å². The molecule has 0 atom stereocenters. The summed E-state index contributed by atoms with van der Waals surface area (Å²) in [4.78, 5) is 20.2. The van der Waals surface area contributed by atoms with Gasteiger partial charge in [-0.1, -0.05) is 18.5 Å². The molecule has 23 heavy (non-hydrogen) atoms. The lowest BCUT2D eigenvalue weighted by atomic mass is 9.97. The number of ketones is 1. The lowest BCUT2D eigenvalue weighted by molar-refractivity contribution is 0.0983. The summed E-state index contributed by atoms with van der Waals surface area (Å²) in [5, 5.41) is 2.33. The number of halogens is 1. The summed E-state index contributed by atoms with van der Waals surface area (Å²) in [5.41, 5.74) is 10.1. The molecule has 3 rings (SSSR count). The van der Waals surface area contributed by atoms with Crippen LogP contribution in [0.2, 0.25) is 5.15 Å². The zero-order valence-electron chi connectivity index (χ0n) is 12.9. The number of hydrogen-bond donors (Lipinski definition) is 1. The van der Waals surface area contributed by atoms with Crippen LogP contribution in [-0.2, 0) is 0 Å². The molecule has 0 bridgehead atoms. The number of aryl methyl sites for hydroxylation is 1. The highest BCUT2D eigenvalue weighted by Crippen LogP contribution is 2.33. The number of anilines is 1. The minimum Gasteiger partial charge on any atom is -0.398 e. The van der Waals surface area contributed by atoms with E-state index in [1.807, 2.05) is 32.0 Å². The molecule has 0 saturated carbocycles. The molecule has 0 radical (unpaired) electrons. The lowest BCUT2D eigenvalue weighted by Crippen LogP contribution is -2.02. The van der Waals surface area contributed by atoms with E-state index in [1.165, 1.54) is 0 Å². The van der Waals surface area contributed by atoms with Crippen LogP contribution in [0.25, 0.3) is 21.9 Å². The Bertz CT molecular complexity index is 922. The van der Waals surface area contributed by atoms with Crippen LogP contribution in [0.4, 0.5) is 5.69 Å². The Morgan fingerprint density at radius 1 is 1.09 bits per heavy atom. The number of hydrogen-bond acceptors (Lipinski definition) is 4. The van der Waals surface area contributed by atoms with Crippen LogP contribution in [0.1, 0.15) is 29.4 Å². The van der Waals surface area contributed by atoms with Gasteiger partial charge in [0.15, 0.2) is 5.78 Å². The molecule has 0 fully saturated rings. The van der Waals surface area contributed by atoms with E-state index >= 15 is 0 Å². The fraction of sp³-hybridized carbons (Fsp3) is 0.167. The summed E-state index contributed by atoms with van der Waals surface area (Å²) in [6.07, 6.45) is 3.87. The molecule has 2 N–H and O–H groups in total. The van der Waals surface area contributed by atoms with Crippen molar-refractivity contribution in [1.29, 1.82) is 0 Å². The smallest absolute Gasteiger partial charge is 0.180 e. The highest BCUT2D eigenvalue weighted by Gasteiger charge is 2.12. The normalized spacial score (nSPS) is 10.9. The van der Waals surface area contributed by atoms with Crippen molar-refractivity contribution in [2.24, 2.45) is 0 Å². The zero-order valence-corrected chi connectivity index (χ0v) is 13.7. The van der Waals surface area contributed by atoms with Crippen molar-refractivity contribution in [2.45, 2.75) is 20.3 Å². The predicted molar refractivity (Wildman–Crippen MR) is 93.8 cm³/mol. The molecule has 0 unspecified atom stereocenters. The first-order chi connectivity index (χ1) is 11.0. The van der Waals surface area contributed by atoms with E-state index < -0.39 is 0 Å². The van der Waals surface area contributed by atoms with Gasteiger partial charge in [-0.25, -0.2) is 4.98 Å². The molecule has 1 aromatic carbocycles. The minimum atomic E-state index is 0.0324. The number of carbonyl (C=O) groups excluding carboxylic acids is 1. The number of rotatable bonds is 3. The minimum absolute atomic E-state index is 0.0324. The van der Waals surface area contributed by atoms with Crippen molar-refractivity contribution in [3.8, 4) is 11.1 Å². The molecule has 0 amide bonds. The maximum absolute atomic E-state index is 11.8. The standard InChI is InChI=1S/C18H16ClN3O/c1-3-17(23)16-4-10(2)14(9-21-16)13-5-12-8-22-18(19)7-11(12)6-15(13)20/h4-9H,3,20H2,1-2H3. The number of pyridine rings is 2. The van der Waals surface area contributed by atoms with Crippen molar-refractivity contribution in [3.05, 3.63) is 53.1 Å². The molecule has 5 heteroatoms. The largest absolute Gasteiger partial charge is 0.398 e. The Balaban J connectivity index is 2.14. The zero-order chi connectivity index (χ0) is 16.6. The number of nitrogen functional groups attached to an aromatic ring is 1. The van der Waals surface area contributed by atoms with Gasteiger partial charge in [0.25, 0.3) is 0 Å². The van der Waals surface area contributed by atoms with Gasteiger partial charge in [0, 0.05) is 41.0 Å². The molecule has 4 nitrogen and oxygen atoms in total. The van der Waals surface area contributed by atoms with E-state index in [0.29, 0.717) is 23.0 Å². The van der Waals surface area contributed by atoms with Crippen molar-refractivity contribution in [2.75, 3.05) is 5.73 Å².